The zero-order valence-corrected chi connectivity index (χ0v) is 11.6. The maximum absolute atomic E-state index is 11.4. The third-order valence-electron chi connectivity index (χ3n) is 2.53. The summed E-state index contributed by atoms with van der Waals surface area (Å²) in [4.78, 5) is 11.4. The molecular weight excluding hydrogens is 272 g/mol. The molecule has 0 saturated carbocycles. The van der Waals surface area contributed by atoms with Gasteiger partial charge < -0.3 is 34.6 Å². The van der Waals surface area contributed by atoms with E-state index in [2.05, 4.69) is 0 Å². The predicted octanol–water partition coefficient (Wildman–Crippen LogP) is -2.30. The summed E-state index contributed by atoms with van der Waals surface area (Å²) in [5, 5.41) is 36.4. The lowest BCUT2D eigenvalue weighted by atomic mass is 10.0. The number of Topliss-reactive ketones (excluding diaryl/α,β-unsaturated/α-hetero) is 1. The fourth-order valence-electron chi connectivity index (χ4n) is 1.29. The molecule has 0 saturated heterocycles. The average molecular weight is 296 g/mol. The van der Waals surface area contributed by atoms with Gasteiger partial charge >= 0.3 is 0 Å². The van der Waals surface area contributed by atoms with Crippen LogP contribution in [0.15, 0.2) is 0 Å². The van der Waals surface area contributed by atoms with Crippen molar-refractivity contribution in [3.63, 3.8) is 0 Å². The molecule has 0 aliphatic carbocycles. The maximum atomic E-state index is 11.4. The Hall–Kier alpha value is -0.610. The van der Waals surface area contributed by atoms with E-state index in [1.165, 1.54) is 0 Å². The molecule has 0 spiro atoms. The second-order valence-electron chi connectivity index (χ2n) is 4.12. The molecule has 0 bridgehead atoms. The van der Waals surface area contributed by atoms with Gasteiger partial charge in [0.2, 0.25) is 0 Å². The molecule has 120 valence electrons. The van der Waals surface area contributed by atoms with Crippen molar-refractivity contribution < 1.29 is 39.4 Å². The van der Waals surface area contributed by atoms with Gasteiger partial charge in [-0.2, -0.15) is 0 Å². The van der Waals surface area contributed by atoms with Gasteiger partial charge in [-0.05, 0) is 0 Å². The van der Waals surface area contributed by atoms with Gasteiger partial charge in [-0.3, -0.25) is 4.79 Å². The third-order valence-corrected chi connectivity index (χ3v) is 2.53. The first-order valence-electron chi connectivity index (χ1n) is 6.36. The topological polar surface area (TPSA) is 126 Å². The van der Waals surface area contributed by atoms with Crippen molar-refractivity contribution in [2.45, 2.75) is 24.7 Å². The van der Waals surface area contributed by atoms with Gasteiger partial charge in [0.15, 0.2) is 5.78 Å². The molecule has 0 radical (unpaired) electrons. The van der Waals surface area contributed by atoms with E-state index in [9.17, 15) is 15.0 Å². The van der Waals surface area contributed by atoms with E-state index in [4.69, 9.17) is 24.4 Å². The molecule has 20 heavy (non-hydrogen) atoms. The molecule has 0 amide bonds. The standard InChI is InChI=1S/C12H24O8/c1-18-4-5-20-7-6-19-3-2-9(14)11(16)12(17)10(15)8-13/h10-13,15-17H,2-8H2,1H3/t10-,11+,12-/m1/s1. The second kappa shape index (κ2) is 12.2. The molecule has 8 heteroatoms. The Morgan fingerprint density at radius 1 is 1.00 bits per heavy atom. The Morgan fingerprint density at radius 3 is 2.10 bits per heavy atom. The van der Waals surface area contributed by atoms with Crippen LogP contribution in [0.2, 0.25) is 0 Å². The summed E-state index contributed by atoms with van der Waals surface area (Å²) >= 11 is 0. The first kappa shape index (κ1) is 19.4. The molecule has 0 aromatic heterocycles. The molecule has 4 N–H and O–H groups in total. The summed E-state index contributed by atoms with van der Waals surface area (Å²) < 4.78 is 15.0. The largest absolute Gasteiger partial charge is 0.394 e. The monoisotopic (exact) mass is 296 g/mol. The maximum Gasteiger partial charge on any atom is 0.166 e. The SMILES string of the molecule is COCCOCCOCCC(=O)[C@H](O)[C@H](O)[C@H](O)CO. The number of ketones is 1. The van der Waals surface area contributed by atoms with Crippen LogP contribution in [0, 0.1) is 0 Å². The van der Waals surface area contributed by atoms with E-state index in [0.717, 1.165) is 0 Å². The first-order valence-corrected chi connectivity index (χ1v) is 6.36. The molecule has 0 heterocycles. The summed E-state index contributed by atoms with van der Waals surface area (Å²) in [7, 11) is 1.57. The Kier molecular flexibility index (Phi) is 11.8. The van der Waals surface area contributed by atoms with Crippen LogP contribution in [0.1, 0.15) is 6.42 Å². The first-order chi connectivity index (χ1) is 9.54. The quantitative estimate of drug-likeness (QED) is 0.280. The highest BCUT2D eigenvalue weighted by Gasteiger charge is 2.29. The summed E-state index contributed by atoms with van der Waals surface area (Å²) in [5.41, 5.74) is 0. The van der Waals surface area contributed by atoms with Crippen molar-refractivity contribution >= 4 is 5.78 Å². The van der Waals surface area contributed by atoms with Crippen LogP contribution in [0.3, 0.4) is 0 Å². The lowest BCUT2D eigenvalue weighted by Crippen LogP contribution is -2.44. The van der Waals surface area contributed by atoms with Crippen molar-refractivity contribution in [3.05, 3.63) is 0 Å². The van der Waals surface area contributed by atoms with Crippen LogP contribution in [0.5, 0.6) is 0 Å². The zero-order valence-electron chi connectivity index (χ0n) is 11.6. The number of hydrogen-bond acceptors (Lipinski definition) is 8. The van der Waals surface area contributed by atoms with E-state index in [-0.39, 0.29) is 13.0 Å². The molecular formula is C12H24O8. The van der Waals surface area contributed by atoms with Gasteiger partial charge in [-0.25, -0.2) is 0 Å². The van der Waals surface area contributed by atoms with Crippen molar-refractivity contribution in [3.8, 4) is 0 Å². The minimum absolute atomic E-state index is 0.0749. The Labute approximate surface area is 117 Å². The van der Waals surface area contributed by atoms with Gasteiger partial charge in [-0.1, -0.05) is 0 Å². The lowest BCUT2D eigenvalue weighted by molar-refractivity contribution is -0.141. The highest BCUT2D eigenvalue weighted by atomic mass is 16.5. The van der Waals surface area contributed by atoms with E-state index in [1.54, 1.807) is 7.11 Å². The van der Waals surface area contributed by atoms with Crippen LogP contribution in [-0.2, 0) is 19.0 Å². The zero-order chi connectivity index (χ0) is 15.4. The fraction of sp³-hybridized carbons (Fsp3) is 0.917. The number of carbonyl (C=O) groups is 1. The van der Waals surface area contributed by atoms with E-state index in [1.807, 2.05) is 0 Å². The summed E-state index contributed by atoms with van der Waals surface area (Å²) in [6, 6.07) is 0. The van der Waals surface area contributed by atoms with Gasteiger partial charge in [0, 0.05) is 13.5 Å². The van der Waals surface area contributed by atoms with E-state index in [0.29, 0.717) is 26.4 Å². The summed E-state index contributed by atoms with van der Waals surface area (Å²) in [5.74, 6) is -0.662. The van der Waals surface area contributed by atoms with Crippen molar-refractivity contribution in [2.75, 3.05) is 46.8 Å². The Balaban J connectivity index is 3.62. The van der Waals surface area contributed by atoms with Gasteiger partial charge in [0.05, 0.1) is 39.6 Å². The Morgan fingerprint density at radius 2 is 1.55 bits per heavy atom. The molecule has 8 nitrogen and oxygen atoms in total. The molecule has 0 rings (SSSR count). The highest BCUT2D eigenvalue weighted by Crippen LogP contribution is 2.03. The second-order valence-corrected chi connectivity index (χ2v) is 4.12. The number of aliphatic hydroxyl groups excluding tert-OH is 4. The molecule has 0 aliphatic rings. The smallest absolute Gasteiger partial charge is 0.166 e. The van der Waals surface area contributed by atoms with Crippen LogP contribution in [-0.4, -0.2) is 91.3 Å². The summed E-state index contributed by atoms with van der Waals surface area (Å²) in [6.45, 7) is 0.964. The number of methoxy groups -OCH3 is 1. The molecule has 3 atom stereocenters. The van der Waals surface area contributed by atoms with Crippen molar-refractivity contribution in [1.82, 2.24) is 0 Å². The molecule has 0 unspecified atom stereocenters. The number of hydrogen-bond donors (Lipinski definition) is 4. The average Bonchev–Trinajstić information content (AvgIpc) is 2.47. The lowest BCUT2D eigenvalue weighted by Gasteiger charge is -2.20. The van der Waals surface area contributed by atoms with Gasteiger partial charge in [0.25, 0.3) is 0 Å². The van der Waals surface area contributed by atoms with Gasteiger partial charge in [0.1, 0.15) is 18.3 Å². The fourth-order valence-corrected chi connectivity index (χ4v) is 1.29. The third kappa shape index (κ3) is 8.54. The molecule has 0 fully saturated rings. The summed E-state index contributed by atoms with van der Waals surface area (Å²) in [6.07, 6.45) is -5.10. The normalized spacial score (nSPS) is 15.8. The van der Waals surface area contributed by atoms with Crippen molar-refractivity contribution in [2.24, 2.45) is 0 Å². The van der Waals surface area contributed by atoms with E-state index < -0.39 is 30.7 Å². The molecule has 0 aromatic carbocycles. The van der Waals surface area contributed by atoms with Crippen molar-refractivity contribution in [1.29, 1.82) is 0 Å². The minimum atomic E-state index is -1.74. The molecule has 0 aliphatic heterocycles. The number of carbonyl (C=O) groups excluding carboxylic acids is 1. The number of aliphatic hydroxyl groups is 4. The van der Waals surface area contributed by atoms with Crippen LogP contribution < -0.4 is 0 Å². The Bertz CT molecular complexity index is 248. The van der Waals surface area contributed by atoms with Gasteiger partial charge in [-0.15, -0.1) is 0 Å². The van der Waals surface area contributed by atoms with Crippen LogP contribution in [0.4, 0.5) is 0 Å². The van der Waals surface area contributed by atoms with E-state index >= 15 is 0 Å². The number of ether oxygens (including phenoxy) is 3. The number of rotatable bonds is 13. The highest BCUT2D eigenvalue weighted by molar-refractivity contribution is 5.83. The predicted molar refractivity (Wildman–Crippen MR) is 68.2 cm³/mol. The van der Waals surface area contributed by atoms with Crippen LogP contribution >= 0.6 is 0 Å². The van der Waals surface area contributed by atoms with Crippen LogP contribution in [0.25, 0.3) is 0 Å². The molecule has 0 aromatic rings. The minimum Gasteiger partial charge on any atom is -0.394 e.